The van der Waals surface area contributed by atoms with Crippen molar-refractivity contribution in [1.82, 2.24) is 0 Å². The van der Waals surface area contributed by atoms with E-state index in [1.807, 2.05) is 13.8 Å². The molecule has 0 heterocycles. The zero-order valence-electron chi connectivity index (χ0n) is 14.0. The highest BCUT2D eigenvalue weighted by molar-refractivity contribution is 5.77. The van der Waals surface area contributed by atoms with Gasteiger partial charge in [-0.1, -0.05) is 20.8 Å². The molecule has 4 nitrogen and oxygen atoms in total. The molecular formula is C18H28O4. The highest BCUT2D eigenvalue weighted by atomic mass is 16.6. The number of hydrogen-bond donors (Lipinski definition) is 0. The Morgan fingerprint density at radius 1 is 1.18 bits per heavy atom. The van der Waals surface area contributed by atoms with Crippen LogP contribution < -0.4 is 0 Å². The highest BCUT2D eigenvalue weighted by Crippen LogP contribution is 2.60. The molecule has 124 valence electrons. The molecule has 4 saturated carbocycles. The van der Waals surface area contributed by atoms with Gasteiger partial charge in [-0.15, -0.1) is 0 Å². The molecule has 4 aliphatic carbocycles. The highest BCUT2D eigenvalue weighted by Gasteiger charge is 2.54. The zero-order chi connectivity index (χ0) is 15.9. The van der Waals surface area contributed by atoms with Crippen LogP contribution in [0.15, 0.2) is 0 Å². The van der Waals surface area contributed by atoms with Crippen LogP contribution in [-0.2, 0) is 19.1 Å². The molecule has 0 saturated heterocycles. The van der Waals surface area contributed by atoms with E-state index in [4.69, 9.17) is 9.47 Å². The third-order valence-corrected chi connectivity index (χ3v) is 6.11. The number of ether oxygens (including phenoxy) is 2. The minimum Gasteiger partial charge on any atom is -0.459 e. The Balaban J connectivity index is 1.51. The van der Waals surface area contributed by atoms with E-state index in [2.05, 4.69) is 6.92 Å². The normalized spacial score (nSPS) is 40.3. The van der Waals surface area contributed by atoms with Crippen molar-refractivity contribution < 1.29 is 19.1 Å². The Kier molecular flexibility index (Phi) is 4.21. The molecule has 3 atom stereocenters. The van der Waals surface area contributed by atoms with Crippen molar-refractivity contribution in [3.8, 4) is 0 Å². The molecule has 0 radical (unpaired) electrons. The second kappa shape index (κ2) is 5.86. The second-order valence-electron chi connectivity index (χ2n) is 8.15. The van der Waals surface area contributed by atoms with Crippen LogP contribution in [0.3, 0.4) is 0 Å². The standard InChI is InChI=1S/C18H28O4/c1-4-11(2)17(20)21-10-15(19)22-16-13-5-12-6-14(16)9-18(3,7-12)8-13/h11-14,16H,4-10H2,1-3H3. The molecule has 4 aliphatic rings. The minimum atomic E-state index is -0.376. The summed E-state index contributed by atoms with van der Waals surface area (Å²) < 4.78 is 10.8. The molecular weight excluding hydrogens is 280 g/mol. The van der Waals surface area contributed by atoms with Crippen LogP contribution in [0, 0.1) is 29.1 Å². The predicted molar refractivity (Wildman–Crippen MR) is 82.0 cm³/mol. The second-order valence-corrected chi connectivity index (χ2v) is 8.15. The molecule has 4 fully saturated rings. The third kappa shape index (κ3) is 3.02. The van der Waals surface area contributed by atoms with Gasteiger partial charge in [0.05, 0.1) is 5.92 Å². The van der Waals surface area contributed by atoms with Crippen LogP contribution >= 0.6 is 0 Å². The van der Waals surface area contributed by atoms with E-state index in [1.54, 1.807) is 0 Å². The summed E-state index contributed by atoms with van der Waals surface area (Å²) in [5.41, 5.74) is 0.475. The lowest BCUT2D eigenvalue weighted by Gasteiger charge is -2.58. The predicted octanol–water partition coefficient (Wildman–Crippen LogP) is 3.33. The number of hydrogen-bond acceptors (Lipinski definition) is 4. The van der Waals surface area contributed by atoms with E-state index in [0.29, 0.717) is 17.3 Å². The van der Waals surface area contributed by atoms with Gasteiger partial charge in [0.15, 0.2) is 6.61 Å². The van der Waals surface area contributed by atoms with Gasteiger partial charge >= 0.3 is 11.9 Å². The van der Waals surface area contributed by atoms with E-state index < -0.39 is 0 Å². The van der Waals surface area contributed by atoms with Gasteiger partial charge < -0.3 is 9.47 Å². The summed E-state index contributed by atoms with van der Waals surface area (Å²) in [5, 5.41) is 0. The number of carbonyl (C=O) groups excluding carboxylic acids is 2. The molecule has 0 aliphatic heterocycles. The van der Waals surface area contributed by atoms with Crippen molar-refractivity contribution in [1.29, 1.82) is 0 Å². The lowest BCUT2D eigenvalue weighted by atomic mass is 9.49. The molecule has 0 aromatic carbocycles. The molecule has 0 aromatic rings. The molecule has 4 heteroatoms. The maximum absolute atomic E-state index is 12.0. The number of rotatable bonds is 5. The maximum atomic E-state index is 12.0. The summed E-state index contributed by atoms with van der Waals surface area (Å²) in [6, 6.07) is 0. The Morgan fingerprint density at radius 3 is 2.36 bits per heavy atom. The van der Waals surface area contributed by atoms with Gasteiger partial charge in [-0.3, -0.25) is 4.79 Å². The van der Waals surface area contributed by atoms with Crippen LogP contribution in [0.4, 0.5) is 0 Å². The minimum absolute atomic E-state index is 0.0550. The van der Waals surface area contributed by atoms with Gasteiger partial charge in [0.25, 0.3) is 0 Å². The van der Waals surface area contributed by atoms with Crippen LogP contribution in [0.5, 0.6) is 0 Å². The van der Waals surface area contributed by atoms with E-state index in [1.165, 1.54) is 32.1 Å². The fraction of sp³-hybridized carbons (Fsp3) is 0.889. The Bertz CT molecular complexity index is 442. The van der Waals surface area contributed by atoms with E-state index in [0.717, 1.165) is 12.3 Å². The average Bonchev–Trinajstić information content (AvgIpc) is 2.46. The Labute approximate surface area is 132 Å². The Hall–Kier alpha value is -1.06. The fourth-order valence-electron chi connectivity index (χ4n) is 5.20. The van der Waals surface area contributed by atoms with Gasteiger partial charge in [0.2, 0.25) is 0 Å². The largest absolute Gasteiger partial charge is 0.459 e. The first-order chi connectivity index (χ1) is 10.4. The van der Waals surface area contributed by atoms with Crippen LogP contribution in [0.2, 0.25) is 0 Å². The molecule has 3 unspecified atom stereocenters. The first-order valence-corrected chi connectivity index (χ1v) is 8.76. The Morgan fingerprint density at radius 2 is 1.82 bits per heavy atom. The monoisotopic (exact) mass is 308 g/mol. The molecule has 0 aromatic heterocycles. The summed E-state index contributed by atoms with van der Waals surface area (Å²) in [4.78, 5) is 23.7. The van der Waals surface area contributed by atoms with Crippen molar-refractivity contribution >= 4 is 11.9 Å². The van der Waals surface area contributed by atoms with Crippen molar-refractivity contribution in [2.75, 3.05) is 6.61 Å². The fourth-order valence-corrected chi connectivity index (χ4v) is 5.20. The van der Waals surface area contributed by atoms with Crippen molar-refractivity contribution in [2.24, 2.45) is 29.1 Å². The van der Waals surface area contributed by atoms with E-state index >= 15 is 0 Å². The first-order valence-electron chi connectivity index (χ1n) is 8.76. The molecule has 0 N–H and O–H groups in total. The van der Waals surface area contributed by atoms with Crippen molar-refractivity contribution in [2.45, 2.75) is 65.4 Å². The molecule has 0 spiro atoms. The summed E-state index contributed by atoms with van der Waals surface area (Å²) in [7, 11) is 0. The SMILES string of the molecule is CCC(C)C(=O)OCC(=O)OC1C2CC3CC1CC(C)(C3)C2. The lowest BCUT2D eigenvalue weighted by molar-refractivity contribution is -0.185. The van der Waals surface area contributed by atoms with Gasteiger partial charge in [0.1, 0.15) is 6.10 Å². The zero-order valence-corrected chi connectivity index (χ0v) is 14.0. The van der Waals surface area contributed by atoms with E-state index in [-0.39, 0.29) is 30.6 Å². The summed E-state index contributed by atoms with van der Waals surface area (Å²) >= 11 is 0. The number of carbonyl (C=O) groups is 2. The summed E-state index contributed by atoms with van der Waals surface area (Å²) in [5.74, 6) is 1.03. The summed E-state index contributed by atoms with van der Waals surface area (Å²) in [6.45, 7) is 5.90. The lowest BCUT2D eigenvalue weighted by Crippen LogP contribution is -2.54. The van der Waals surface area contributed by atoms with Crippen LogP contribution in [-0.4, -0.2) is 24.6 Å². The van der Waals surface area contributed by atoms with Crippen molar-refractivity contribution in [3.05, 3.63) is 0 Å². The van der Waals surface area contributed by atoms with Gasteiger partial charge in [-0.2, -0.15) is 0 Å². The molecule has 4 rings (SSSR count). The summed E-state index contributed by atoms with van der Waals surface area (Å²) in [6.07, 6.45) is 6.91. The topological polar surface area (TPSA) is 52.6 Å². The van der Waals surface area contributed by atoms with E-state index in [9.17, 15) is 9.59 Å². The molecule has 0 amide bonds. The average molecular weight is 308 g/mol. The quantitative estimate of drug-likeness (QED) is 0.731. The third-order valence-electron chi connectivity index (χ3n) is 6.11. The molecule has 4 bridgehead atoms. The van der Waals surface area contributed by atoms with Crippen LogP contribution in [0.25, 0.3) is 0 Å². The maximum Gasteiger partial charge on any atom is 0.344 e. The van der Waals surface area contributed by atoms with Crippen molar-refractivity contribution in [3.63, 3.8) is 0 Å². The van der Waals surface area contributed by atoms with Gasteiger partial charge in [-0.25, -0.2) is 4.79 Å². The molecule has 22 heavy (non-hydrogen) atoms. The van der Waals surface area contributed by atoms with Gasteiger partial charge in [0, 0.05) is 0 Å². The smallest absolute Gasteiger partial charge is 0.344 e. The first kappa shape index (κ1) is 15.8. The van der Waals surface area contributed by atoms with Crippen LogP contribution in [0.1, 0.15) is 59.3 Å². The number of esters is 2. The van der Waals surface area contributed by atoms with Gasteiger partial charge in [-0.05, 0) is 61.7 Å².